The number of aliphatic hydroxyl groups excluding tert-OH is 1. The zero-order chi connectivity index (χ0) is 21.8. The Kier molecular flexibility index (Phi) is 9.56. The van der Waals surface area contributed by atoms with E-state index in [-0.39, 0.29) is 32.0 Å². The first-order chi connectivity index (χ1) is 14.6. The van der Waals surface area contributed by atoms with Crippen LogP contribution in [0.3, 0.4) is 0 Å². The number of hydrogen-bond donors (Lipinski definition) is 2. The molecule has 8 nitrogen and oxygen atoms in total. The molecule has 0 spiro atoms. The lowest BCUT2D eigenvalue weighted by Gasteiger charge is -2.25. The highest BCUT2D eigenvalue weighted by Gasteiger charge is 2.28. The zero-order valence-electron chi connectivity index (χ0n) is 16.7. The van der Waals surface area contributed by atoms with Crippen LogP contribution in [-0.4, -0.2) is 66.3 Å². The van der Waals surface area contributed by atoms with Gasteiger partial charge in [0.1, 0.15) is 12.4 Å². The first kappa shape index (κ1) is 23.1. The number of hydrogen-bond acceptors (Lipinski definition) is 7. The van der Waals surface area contributed by atoms with Gasteiger partial charge in [0.15, 0.2) is 6.04 Å². The van der Waals surface area contributed by atoms with E-state index >= 15 is 0 Å². The van der Waals surface area contributed by atoms with Crippen LogP contribution >= 0.6 is 0 Å². The number of ether oxygens (including phenoxy) is 2. The molecule has 2 N–H and O–H groups in total. The average molecular weight is 412 g/mol. The first-order valence-electron chi connectivity index (χ1n) is 9.58. The Morgan fingerprint density at radius 3 is 2.73 bits per heavy atom. The molecule has 0 aromatic heterocycles. The summed E-state index contributed by atoms with van der Waals surface area (Å²) in [6.07, 6.45) is 1.36. The molecule has 158 valence electrons. The van der Waals surface area contributed by atoms with Crippen LogP contribution in [0.15, 0.2) is 30.3 Å². The summed E-state index contributed by atoms with van der Waals surface area (Å²) < 4.78 is 10.4. The quantitative estimate of drug-likeness (QED) is 0.208. The minimum Gasteiger partial charge on any atom is -0.464 e. The van der Waals surface area contributed by atoms with Crippen molar-refractivity contribution >= 4 is 18.2 Å². The van der Waals surface area contributed by atoms with Crippen LogP contribution in [0, 0.1) is 23.7 Å². The van der Waals surface area contributed by atoms with E-state index in [1.807, 2.05) is 0 Å². The minimum atomic E-state index is -1.34. The summed E-state index contributed by atoms with van der Waals surface area (Å²) in [7, 11) is 0. The smallest absolute Gasteiger partial charge is 0.332 e. The van der Waals surface area contributed by atoms with E-state index < -0.39 is 17.9 Å². The van der Waals surface area contributed by atoms with E-state index in [1.54, 1.807) is 37.3 Å². The van der Waals surface area contributed by atoms with Gasteiger partial charge in [0.05, 0.1) is 25.9 Å². The van der Waals surface area contributed by atoms with Crippen LogP contribution in [0.1, 0.15) is 30.1 Å². The van der Waals surface area contributed by atoms with Gasteiger partial charge in [-0.2, -0.15) is 5.01 Å². The lowest BCUT2D eigenvalue weighted by atomic mass is 10.2. The van der Waals surface area contributed by atoms with Crippen molar-refractivity contribution in [1.29, 1.82) is 0 Å². The van der Waals surface area contributed by atoms with Crippen molar-refractivity contribution in [3.63, 3.8) is 0 Å². The lowest BCUT2D eigenvalue weighted by molar-refractivity contribution is -0.151. The van der Waals surface area contributed by atoms with Gasteiger partial charge in [0.25, 0.3) is 5.91 Å². The Hall–Kier alpha value is -3.17. The molecule has 1 aromatic carbocycles. The van der Waals surface area contributed by atoms with E-state index in [1.165, 1.54) is 0 Å². The normalized spacial score (nSPS) is 18.4. The van der Waals surface area contributed by atoms with Crippen LogP contribution in [0.25, 0.3) is 0 Å². The van der Waals surface area contributed by atoms with Gasteiger partial charge in [-0.3, -0.25) is 10.2 Å². The van der Waals surface area contributed by atoms with Crippen molar-refractivity contribution < 1.29 is 29.0 Å². The summed E-state index contributed by atoms with van der Waals surface area (Å²) in [6.45, 7) is 1.55. The van der Waals surface area contributed by atoms with Crippen molar-refractivity contribution in [1.82, 2.24) is 10.4 Å². The number of hydrazine groups is 1. The number of benzene rings is 1. The standard InChI is InChI=1S/C22H24N2O6/c1-2-29-22(28)20(16-26)24(23-21(27)17-9-5-3-6-10-17)14-8-4-7-11-18-12-13-19(15-25)30-18/h3,5-6,9-10,16,18-20,25H,2,12-15H2,1H3,(H,23,27). The Balaban J connectivity index is 2.07. The molecule has 3 atom stereocenters. The molecule has 0 aliphatic carbocycles. The molecule has 1 amide bonds. The average Bonchev–Trinajstić information content (AvgIpc) is 3.22. The summed E-state index contributed by atoms with van der Waals surface area (Å²) >= 11 is 0. The molecule has 1 fully saturated rings. The zero-order valence-corrected chi connectivity index (χ0v) is 16.7. The Morgan fingerprint density at radius 2 is 2.10 bits per heavy atom. The molecule has 30 heavy (non-hydrogen) atoms. The molecule has 1 heterocycles. The maximum absolute atomic E-state index is 12.4. The van der Waals surface area contributed by atoms with E-state index in [4.69, 9.17) is 14.6 Å². The summed E-state index contributed by atoms with van der Waals surface area (Å²) in [4.78, 5) is 36.0. The van der Waals surface area contributed by atoms with Crippen LogP contribution in [0.4, 0.5) is 0 Å². The highest BCUT2D eigenvalue weighted by molar-refractivity contribution is 5.96. The molecular formula is C22H24N2O6. The van der Waals surface area contributed by atoms with Crippen molar-refractivity contribution in [2.24, 2.45) is 0 Å². The van der Waals surface area contributed by atoms with Crippen LogP contribution in [-0.2, 0) is 19.1 Å². The number of amides is 1. The minimum absolute atomic E-state index is 0.0408. The van der Waals surface area contributed by atoms with Crippen LogP contribution in [0.2, 0.25) is 0 Å². The first-order valence-corrected chi connectivity index (χ1v) is 9.58. The number of esters is 1. The van der Waals surface area contributed by atoms with Gasteiger partial charge in [0.2, 0.25) is 0 Å². The molecule has 2 rings (SSSR count). The lowest BCUT2D eigenvalue weighted by Crippen LogP contribution is -2.53. The van der Waals surface area contributed by atoms with Crippen LogP contribution < -0.4 is 5.43 Å². The van der Waals surface area contributed by atoms with E-state index in [2.05, 4.69) is 29.1 Å². The number of aldehydes is 1. The third-order valence-corrected chi connectivity index (χ3v) is 4.22. The topological polar surface area (TPSA) is 105 Å². The maximum Gasteiger partial charge on any atom is 0.332 e. The fraction of sp³-hybridized carbons (Fsp3) is 0.409. The predicted octanol–water partition coefficient (Wildman–Crippen LogP) is 0.311. The number of rotatable bonds is 8. The largest absolute Gasteiger partial charge is 0.464 e. The highest BCUT2D eigenvalue weighted by Crippen LogP contribution is 2.18. The Morgan fingerprint density at radius 1 is 1.33 bits per heavy atom. The number of carbonyl (C=O) groups excluding carboxylic acids is 3. The van der Waals surface area contributed by atoms with Gasteiger partial charge in [-0.15, -0.1) is 0 Å². The molecule has 1 saturated heterocycles. The molecule has 8 heteroatoms. The highest BCUT2D eigenvalue weighted by atomic mass is 16.5. The van der Waals surface area contributed by atoms with Crippen LogP contribution in [0.5, 0.6) is 0 Å². The molecule has 1 aliphatic heterocycles. The van der Waals surface area contributed by atoms with Gasteiger partial charge in [0, 0.05) is 5.56 Å². The second kappa shape index (κ2) is 12.4. The van der Waals surface area contributed by atoms with Crippen molar-refractivity contribution in [2.45, 2.75) is 38.0 Å². The molecular weight excluding hydrogens is 388 g/mol. The van der Waals surface area contributed by atoms with Crippen molar-refractivity contribution in [2.75, 3.05) is 19.8 Å². The van der Waals surface area contributed by atoms with Crippen molar-refractivity contribution in [3.05, 3.63) is 35.9 Å². The summed E-state index contributed by atoms with van der Waals surface area (Å²) in [6, 6.07) is 7.02. The van der Waals surface area contributed by atoms with Gasteiger partial charge < -0.3 is 19.4 Å². The summed E-state index contributed by atoms with van der Waals surface area (Å²) in [5.74, 6) is 9.57. The number of carbonyl (C=O) groups is 3. The fourth-order valence-corrected chi connectivity index (χ4v) is 2.71. The van der Waals surface area contributed by atoms with Gasteiger partial charge in [-0.1, -0.05) is 30.0 Å². The number of nitrogens with zero attached hydrogens (tertiary/aromatic N) is 1. The monoisotopic (exact) mass is 412 g/mol. The molecule has 1 aromatic rings. The third kappa shape index (κ3) is 7.02. The molecule has 0 radical (unpaired) electrons. The molecule has 3 unspecified atom stereocenters. The second-order valence-corrected chi connectivity index (χ2v) is 6.35. The predicted molar refractivity (Wildman–Crippen MR) is 108 cm³/mol. The number of nitrogens with one attached hydrogen (secondary N) is 1. The molecule has 1 aliphatic rings. The maximum atomic E-state index is 12.4. The Labute approximate surface area is 175 Å². The number of aliphatic hydroxyl groups is 1. The van der Waals surface area contributed by atoms with E-state index in [0.29, 0.717) is 11.8 Å². The third-order valence-electron chi connectivity index (χ3n) is 4.22. The molecule has 0 bridgehead atoms. The fourth-order valence-electron chi connectivity index (χ4n) is 2.71. The van der Waals surface area contributed by atoms with E-state index in [9.17, 15) is 14.4 Å². The van der Waals surface area contributed by atoms with Gasteiger partial charge in [-0.25, -0.2) is 4.79 Å². The van der Waals surface area contributed by atoms with Gasteiger partial charge >= 0.3 is 5.97 Å². The Bertz CT molecular complexity index is 849. The molecule has 0 saturated carbocycles. The summed E-state index contributed by atoms with van der Waals surface area (Å²) in [5.41, 5.74) is 2.89. The van der Waals surface area contributed by atoms with Gasteiger partial charge in [-0.05, 0) is 43.7 Å². The summed E-state index contributed by atoms with van der Waals surface area (Å²) in [5, 5.41) is 10.2. The van der Waals surface area contributed by atoms with Crippen molar-refractivity contribution in [3.8, 4) is 23.7 Å². The van der Waals surface area contributed by atoms with E-state index in [0.717, 1.165) is 17.9 Å². The second-order valence-electron chi connectivity index (χ2n) is 6.35. The SMILES string of the molecule is CCOC(=O)C(C=O)N(CC#CC#CC1CCC(CO)O1)NC(=O)c1ccccc1.